The topological polar surface area (TPSA) is 21.3 Å². The van der Waals surface area contributed by atoms with Gasteiger partial charge in [-0.3, -0.25) is 0 Å². The van der Waals surface area contributed by atoms with Gasteiger partial charge in [-0.15, -0.1) is 0 Å². The Labute approximate surface area is 98.0 Å². The first-order valence-corrected chi connectivity index (χ1v) is 6.40. The van der Waals surface area contributed by atoms with Gasteiger partial charge in [0.1, 0.15) is 5.75 Å². The Bertz CT molecular complexity index is 336. The zero-order valence-electron chi connectivity index (χ0n) is 10.1. The van der Waals surface area contributed by atoms with Gasteiger partial charge in [0.15, 0.2) is 0 Å². The minimum absolute atomic E-state index is 0.851. The van der Waals surface area contributed by atoms with Crippen LogP contribution < -0.4 is 10.1 Å². The molecule has 0 saturated carbocycles. The van der Waals surface area contributed by atoms with Gasteiger partial charge in [0.2, 0.25) is 0 Å². The summed E-state index contributed by atoms with van der Waals surface area (Å²) in [5, 5.41) is 3.42. The number of nitrogens with one attached hydrogen (secondary N) is 1. The molecule has 0 atom stereocenters. The average Bonchev–Trinajstić information content (AvgIpc) is 2.35. The van der Waals surface area contributed by atoms with Gasteiger partial charge in [0.05, 0.1) is 6.61 Å². The quantitative estimate of drug-likeness (QED) is 0.764. The van der Waals surface area contributed by atoms with E-state index in [1.54, 1.807) is 0 Å². The third-order valence-electron chi connectivity index (χ3n) is 3.06. The first-order chi connectivity index (χ1) is 7.92. The lowest BCUT2D eigenvalue weighted by Gasteiger charge is -2.20. The van der Waals surface area contributed by atoms with Crippen molar-refractivity contribution >= 4 is 5.69 Å². The first-order valence-electron chi connectivity index (χ1n) is 6.40. The lowest BCUT2D eigenvalue weighted by Crippen LogP contribution is -2.13. The molecule has 1 heterocycles. The van der Waals surface area contributed by atoms with Crippen LogP contribution in [0, 0.1) is 0 Å². The summed E-state index contributed by atoms with van der Waals surface area (Å²) >= 11 is 0. The van der Waals surface area contributed by atoms with E-state index in [-0.39, 0.29) is 0 Å². The number of hydrogen-bond donors (Lipinski definition) is 1. The Morgan fingerprint density at radius 3 is 3.12 bits per heavy atom. The van der Waals surface area contributed by atoms with Gasteiger partial charge in [-0.1, -0.05) is 25.8 Å². The molecule has 0 bridgehead atoms. The number of benzene rings is 1. The second-order valence-electron chi connectivity index (χ2n) is 4.37. The summed E-state index contributed by atoms with van der Waals surface area (Å²) in [7, 11) is 0. The number of fused-ring (bicyclic) bond motifs is 1. The monoisotopic (exact) mass is 219 g/mol. The van der Waals surface area contributed by atoms with Crippen molar-refractivity contribution < 1.29 is 4.74 Å². The van der Waals surface area contributed by atoms with Crippen molar-refractivity contribution in [3.05, 3.63) is 23.8 Å². The summed E-state index contributed by atoms with van der Waals surface area (Å²) in [5.41, 5.74) is 2.63. The number of rotatable bonds is 5. The van der Waals surface area contributed by atoms with E-state index < -0.39 is 0 Å². The van der Waals surface area contributed by atoms with Crippen LogP contribution in [0.3, 0.4) is 0 Å². The van der Waals surface area contributed by atoms with Crippen molar-refractivity contribution in [1.29, 1.82) is 0 Å². The third-order valence-corrected chi connectivity index (χ3v) is 3.06. The molecule has 0 saturated heterocycles. The first kappa shape index (κ1) is 11.3. The smallest absolute Gasteiger partial charge is 0.124 e. The highest BCUT2D eigenvalue weighted by Gasteiger charge is 2.12. The molecule has 88 valence electrons. The van der Waals surface area contributed by atoms with Crippen molar-refractivity contribution in [3.8, 4) is 5.75 Å². The summed E-state index contributed by atoms with van der Waals surface area (Å²) in [6.45, 7) is 4.16. The summed E-state index contributed by atoms with van der Waals surface area (Å²) < 4.78 is 5.87. The minimum Gasteiger partial charge on any atom is -0.493 e. The van der Waals surface area contributed by atoms with Crippen LogP contribution in [-0.2, 0) is 6.42 Å². The maximum Gasteiger partial charge on any atom is 0.124 e. The largest absolute Gasteiger partial charge is 0.493 e. The molecule has 0 spiro atoms. The number of ether oxygens (including phenoxy) is 1. The average molecular weight is 219 g/mol. The Kier molecular flexibility index (Phi) is 4.09. The molecule has 0 fully saturated rings. The molecule has 1 aromatic rings. The lowest BCUT2D eigenvalue weighted by atomic mass is 10.0. The Hall–Kier alpha value is -1.18. The highest BCUT2D eigenvalue weighted by atomic mass is 16.5. The number of unbranched alkanes of at least 4 members (excludes halogenated alkanes) is 2. The lowest BCUT2D eigenvalue weighted by molar-refractivity contribution is 0.303. The second kappa shape index (κ2) is 5.78. The molecular weight excluding hydrogens is 198 g/mol. The maximum atomic E-state index is 5.87. The van der Waals surface area contributed by atoms with Crippen molar-refractivity contribution in [2.75, 3.05) is 18.5 Å². The molecule has 1 aromatic carbocycles. The summed E-state index contributed by atoms with van der Waals surface area (Å²) in [4.78, 5) is 0. The van der Waals surface area contributed by atoms with Gasteiger partial charge >= 0.3 is 0 Å². The van der Waals surface area contributed by atoms with E-state index in [9.17, 15) is 0 Å². The highest BCUT2D eigenvalue weighted by Crippen LogP contribution is 2.30. The summed E-state index contributed by atoms with van der Waals surface area (Å²) in [5.74, 6) is 1.08. The van der Waals surface area contributed by atoms with Crippen LogP contribution in [0.4, 0.5) is 5.69 Å². The third kappa shape index (κ3) is 2.69. The van der Waals surface area contributed by atoms with Gasteiger partial charge in [0.25, 0.3) is 0 Å². The Morgan fingerprint density at radius 1 is 1.31 bits per heavy atom. The van der Waals surface area contributed by atoms with Crippen molar-refractivity contribution in [2.24, 2.45) is 0 Å². The molecule has 0 radical (unpaired) electrons. The van der Waals surface area contributed by atoms with Gasteiger partial charge in [-0.25, -0.2) is 0 Å². The Morgan fingerprint density at radius 2 is 2.25 bits per heavy atom. The molecule has 16 heavy (non-hydrogen) atoms. The van der Waals surface area contributed by atoms with E-state index >= 15 is 0 Å². The van der Waals surface area contributed by atoms with Crippen LogP contribution in [0.15, 0.2) is 18.2 Å². The molecule has 2 nitrogen and oxygen atoms in total. The van der Waals surface area contributed by atoms with E-state index in [2.05, 4.69) is 30.4 Å². The molecule has 2 rings (SSSR count). The molecule has 1 aliphatic heterocycles. The zero-order valence-corrected chi connectivity index (χ0v) is 10.1. The summed E-state index contributed by atoms with van der Waals surface area (Å²) in [6.07, 6.45) is 6.02. The van der Waals surface area contributed by atoms with Gasteiger partial charge in [-0.05, 0) is 31.4 Å². The molecule has 0 aromatic heterocycles. The Balaban J connectivity index is 1.97. The molecule has 2 heteroatoms. The van der Waals surface area contributed by atoms with Crippen LogP contribution in [0.5, 0.6) is 5.75 Å². The molecule has 1 aliphatic rings. The van der Waals surface area contributed by atoms with E-state index in [1.807, 2.05) is 0 Å². The van der Waals surface area contributed by atoms with E-state index in [4.69, 9.17) is 4.74 Å². The zero-order chi connectivity index (χ0) is 11.2. The second-order valence-corrected chi connectivity index (χ2v) is 4.37. The van der Waals surface area contributed by atoms with E-state index in [0.29, 0.717) is 0 Å². The number of hydrogen-bond acceptors (Lipinski definition) is 2. The van der Waals surface area contributed by atoms with Crippen LogP contribution in [-0.4, -0.2) is 13.2 Å². The van der Waals surface area contributed by atoms with Crippen molar-refractivity contribution in [1.82, 2.24) is 0 Å². The fourth-order valence-corrected chi connectivity index (χ4v) is 2.15. The van der Waals surface area contributed by atoms with E-state index in [0.717, 1.165) is 31.7 Å². The van der Waals surface area contributed by atoms with Gasteiger partial charge < -0.3 is 10.1 Å². The van der Waals surface area contributed by atoms with Crippen LogP contribution in [0.25, 0.3) is 0 Å². The predicted octanol–water partition coefficient (Wildman–Crippen LogP) is 3.61. The van der Waals surface area contributed by atoms with E-state index in [1.165, 1.54) is 30.5 Å². The fourth-order valence-electron chi connectivity index (χ4n) is 2.15. The standard InChI is InChI=1S/C14H21NO/c1-2-3-4-11-16-14-9-5-8-13-12(14)7-6-10-15-13/h5,8-9,15H,2-4,6-7,10-11H2,1H3. The predicted molar refractivity (Wildman–Crippen MR) is 68.3 cm³/mol. The molecule has 1 N–H and O–H groups in total. The molecule has 0 unspecified atom stereocenters. The van der Waals surface area contributed by atoms with Crippen molar-refractivity contribution in [2.45, 2.75) is 39.0 Å². The van der Waals surface area contributed by atoms with Gasteiger partial charge in [-0.2, -0.15) is 0 Å². The normalized spacial score (nSPS) is 14.1. The van der Waals surface area contributed by atoms with Crippen LogP contribution in [0.1, 0.15) is 38.2 Å². The molecular formula is C14H21NO. The highest BCUT2D eigenvalue weighted by molar-refractivity contribution is 5.58. The molecule has 0 amide bonds. The van der Waals surface area contributed by atoms with Crippen LogP contribution >= 0.6 is 0 Å². The maximum absolute atomic E-state index is 5.87. The minimum atomic E-state index is 0.851. The molecule has 0 aliphatic carbocycles. The fraction of sp³-hybridized carbons (Fsp3) is 0.571. The summed E-state index contributed by atoms with van der Waals surface area (Å²) in [6, 6.07) is 6.32. The van der Waals surface area contributed by atoms with Crippen molar-refractivity contribution in [3.63, 3.8) is 0 Å². The number of anilines is 1. The van der Waals surface area contributed by atoms with Crippen LogP contribution in [0.2, 0.25) is 0 Å². The SMILES string of the molecule is CCCCCOc1cccc2c1CCCN2. The van der Waals surface area contributed by atoms with Gasteiger partial charge in [0, 0.05) is 17.8 Å².